The number of thioether (sulfide) groups is 1. The SMILES string of the molecule is CN(C)S(=O)(=O)c1ccc(NC(=O)CSc2nc3ccc(Cl)cc3[nH]2)cc1. The van der Waals surface area contributed by atoms with Gasteiger partial charge in [0.05, 0.1) is 21.7 Å². The predicted molar refractivity (Wildman–Crippen MR) is 108 cm³/mol. The lowest BCUT2D eigenvalue weighted by molar-refractivity contribution is -0.113. The zero-order valence-corrected chi connectivity index (χ0v) is 17.0. The summed E-state index contributed by atoms with van der Waals surface area (Å²) in [6.45, 7) is 0. The minimum atomic E-state index is -3.49. The lowest BCUT2D eigenvalue weighted by Crippen LogP contribution is -2.22. The Kier molecular flexibility index (Phi) is 5.75. The summed E-state index contributed by atoms with van der Waals surface area (Å²) in [5.41, 5.74) is 2.11. The van der Waals surface area contributed by atoms with Gasteiger partial charge < -0.3 is 10.3 Å². The molecule has 0 aliphatic rings. The maximum absolute atomic E-state index is 12.1. The van der Waals surface area contributed by atoms with E-state index in [4.69, 9.17) is 11.6 Å². The molecule has 7 nitrogen and oxygen atoms in total. The molecule has 142 valence electrons. The summed E-state index contributed by atoms with van der Waals surface area (Å²) in [4.78, 5) is 19.8. The summed E-state index contributed by atoms with van der Waals surface area (Å²) in [5, 5.41) is 3.96. The molecule has 3 rings (SSSR count). The molecule has 0 radical (unpaired) electrons. The number of H-pyrrole nitrogens is 1. The molecule has 0 saturated carbocycles. The Morgan fingerprint density at radius 3 is 2.59 bits per heavy atom. The van der Waals surface area contributed by atoms with Gasteiger partial charge in [-0.1, -0.05) is 23.4 Å². The van der Waals surface area contributed by atoms with Gasteiger partial charge in [0.15, 0.2) is 5.16 Å². The van der Waals surface area contributed by atoms with Crippen LogP contribution in [0.25, 0.3) is 11.0 Å². The largest absolute Gasteiger partial charge is 0.333 e. The van der Waals surface area contributed by atoms with Crippen LogP contribution in [0.5, 0.6) is 0 Å². The average Bonchev–Trinajstić information content (AvgIpc) is 3.02. The third-order valence-corrected chi connectivity index (χ3v) is 6.62. The number of hydrogen-bond donors (Lipinski definition) is 2. The van der Waals surface area contributed by atoms with Crippen molar-refractivity contribution in [1.82, 2.24) is 14.3 Å². The Bertz CT molecular complexity index is 1080. The van der Waals surface area contributed by atoms with Crippen LogP contribution in [-0.4, -0.2) is 48.4 Å². The van der Waals surface area contributed by atoms with Crippen LogP contribution in [0.2, 0.25) is 5.02 Å². The third-order valence-electron chi connectivity index (χ3n) is 3.68. The van der Waals surface area contributed by atoms with Crippen molar-refractivity contribution in [3.8, 4) is 0 Å². The maximum Gasteiger partial charge on any atom is 0.242 e. The fourth-order valence-corrected chi connectivity index (χ4v) is 4.04. The van der Waals surface area contributed by atoms with Crippen molar-refractivity contribution in [3.05, 3.63) is 47.5 Å². The zero-order chi connectivity index (χ0) is 19.6. The highest BCUT2D eigenvalue weighted by atomic mass is 35.5. The van der Waals surface area contributed by atoms with Crippen molar-refractivity contribution in [2.45, 2.75) is 10.1 Å². The molecule has 0 aliphatic carbocycles. The van der Waals surface area contributed by atoms with E-state index in [1.165, 1.54) is 38.0 Å². The lowest BCUT2D eigenvalue weighted by Gasteiger charge is -2.11. The minimum absolute atomic E-state index is 0.158. The van der Waals surface area contributed by atoms with E-state index in [-0.39, 0.29) is 16.6 Å². The highest BCUT2D eigenvalue weighted by Gasteiger charge is 2.16. The van der Waals surface area contributed by atoms with E-state index in [0.717, 1.165) is 15.3 Å². The van der Waals surface area contributed by atoms with Gasteiger partial charge >= 0.3 is 0 Å². The molecule has 0 aliphatic heterocycles. The van der Waals surface area contributed by atoms with Gasteiger partial charge in [-0.2, -0.15) is 0 Å². The average molecular weight is 425 g/mol. The molecular weight excluding hydrogens is 408 g/mol. The molecule has 10 heteroatoms. The van der Waals surface area contributed by atoms with Crippen molar-refractivity contribution in [2.75, 3.05) is 25.2 Å². The second kappa shape index (κ2) is 7.89. The molecular formula is C17H17ClN4O3S2. The Labute approximate surface area is 166 Å². The fraction of sp³-hybridized carbons (Fsp3) is 0.176. The highest BCUT2D eigenvalue weighted by molar-refractivity contribution is 7.99. The van der Waals surface area contributed by atoms with Crippen LogP contribution in [-0.2, 0) is 14.8 Å². The first kappa shape index (κ1) is 19.7. The van der Waals surface area contributed by atoms with Gasteiger partial charge in [-0.05, 0) is 42.5 Å². The summed E-state index contributed by atoms with van der Waals surface area (Å²) < 4.78 is 25.2. The quantitative estimate of drug-likeness (QED) is 0.592. The van der Waals surface area contributed by atoms with Gasteiger partial charge in [-0.15, -0.1) is 0 Å². The lowest BCUT2D eigenvalue weighted by atomic mass is 10.3. The first-order chi connectivity index (χ1) is 12.8. The molecule has 2 aromatic carbocycles. The molecule has 1 amide bonds. The van der Waals surface area contributed by atoms with Crippen LogP contribution < -0.4 is 5.32 Å². The first-order valence-corrected chi connectivity index (χ1v) is 10.7. The predicted octanol–water partition coefficient (Wildman–Crippen LogP) is 3.20. The van der Waals surface area contributed by atoms with Gasteiger partial charge in [0, 0.05) is 24.8 Å². The molecule has 0 spiro atoms. The van der Waals surface area contributed by atoms with Gasteiger partial charge in [0.2, 0.25) is 15.9 Å². The van der Waals surface area contributed by atoms with Gasteiger partial charge in [0.1, 0.15) is 0 Å². The van der Waals surface area contributed by atoms with Crippen molar-refractivity contribution in [3.63, 3.8) is 0 Å². The van der Waals surface area contributed by atoms with Gasteiger partial charge in [-0.3, -0.25) is 4.79 Å². The number of carbonyl (C=O) groups is 1. The topological polar surface area (TPSA) is 95.2 Å². The maximum atomic E-state index is 12.1. The normalized spacial score (nSPS) is 11.9. The minimum Gasteiger partial charge on any atom is -0.333 e. The van der Waals surface area contributed by atoms with Gasteiger partial charge in [0.25, 0.3) is 0 Å². The number of anilines is 1. The number of aromatic nitrogens is 2. The summed E-state index contributed by atoms with van der Waals surface area (Å²) in [6, 6.07) is 11.4. The van der Waals surface area contributed by atoms with E-state index in [9.17, 15) is 13.2 Å². The van der Waals surface area contributed by atoms with Crippen LogP contribution in [0.3, 0.4) is 0 Å². The van der Waals surface area contributed by atoms with Crippen LogP contribution in [0, 0.1) is 0 Å². The molecule has 0 atom stereocenters. The second-order valence-corrected chi connectivity index (χ2v) is 9.40. The standard InChI is InChI=1S/C17H17ClN4O3S2/c1-22(2)27(24,25)13-6-4-12(5-7-13)19-16(23)10-26-17-20-14-8-3-11(18)9-15(14)21-17/h3-9H,10H2,1-2H3,(H,19,23)(H,20,21). The number of imidazole rings is 1. The number of hydrogen-bond acceptors (Lipinski definition) is 5. The van der Waals surface area contributed by atoms with Crippen LogP contribution in [0.4, 0.5) is 5.69 Å². The molecule has 0 bridgehead atoms. The number of aromatic amines is 1. The Morgan fingerprint density at radius 2 is 1.93 bits per heavy atom. The second-order valence-electron chi connectivity index (χ2n) is 5.85. The number of halogens is 1. The molecule has 1 aromatic heterocycles. The van der Waals surface area contributed by atoms with E-state index >= 15 is 0 Å². The summed E-state index contributed by atoms with van der Waals surface area (Å²) in [5.74, 6) is -0.0626. The van der Waals surface area contributed by atoms with Crippen LogP contribution >= 0.6 is 23.4 Å². The monoisotopic (exact) mass is 424 g/mol. The van der Waals surface area contributed by atoms with Crippen LogP contribution in [0.1, 0.15) is 0 Å². The van der Waals surface area contributed by atoms with E-state index in [2.05, 4.69) is 15.3 Å². The number of nitrogens with one attached hydrogen (secondary N) is 2. The number of nitrogens with zero attached hydrogens (tertiary/aromatic N) is 2. The van der Waals surface area contributed by atoms with Crippen molar-refractivity contribution < 1.29 is 13.2 Å². The molecule has 0 fully saturated rings. The van der Waals surface area contributed by atoms with E-state index < -0.39 is 10.0 Å². The Morgan fingerprint density at radius 1 is 1.22 bits per heavy atom. The van der Waals surface area contributed by atoms with Gasteiger partial charge in [-0.25, -0.2) is 17.7 Å². The number of sulfonamides is 1. The van der Waals surface area contributed by atoms with E-state index in [0.29, 0.717) is 15.9 Å². The van der Waals surface area contributed by atoms with Crippen LogP contribution in [0.15, 0.2) is 52.5 Å². The number of rotatable bonds is 6. The van der Waals surface area contributed by atoms with E-state index in [1.54, 1.807) is 24.3 Å². The summed E-state index contributed by atoms with van der Waals surface area (Å²) >= 11 is 7.21. The van der Waals surface area contributed by atoms with Crippen molar-refractivity contribution >= 4 is 56.0 Å². The molecule has 0 saturated heterocycles. The highest BCUT2D eigenvalue weighted by Crippen LogP contribution is 2.22. The molecule has 1 heterocycles. The zero-order valence-electron chi connectivity index (χ0n) is 14.6. The Hall–Kier alpha value is -2.07. The number of amides is 1. The molecule has 27 heavy (non-hydrogen) atoms. The molecule has 3 aromatic rings. The van der Waals surface area contributed by atoms with E-state index in [1.807, 2.05) is 6.07 Å². The number of benzene rings is 2. The fourth-order valence-electron chi connectivity index (χ4n) is 2.28. The Balaban J connectivity index is 1.60. The third kappa shape index (κ3) is 4.62. The van der Waals surface area contributed by atoms with Crippen molar-refractivity contribution in [2.24, 2.45) is 0 Å². The van der Waals surface area contributed by atoms with Crippen molar-refractivity contribution in [1.29, 1.82) is 0 Å². The number of fused-ring (bicyclic) bond motifs is 1. The summed E-state index contributed by atoms with van der Waals surface area (Å²) in [6.07, 6.45) is 0. The first-order valence-electron chi connectivity index (χ1n) is 7.86. The molecule has 0 unspecified atom stereocenters. The molecule has 2 N–H and O–H groups in total. The smallest absolute Gasteiger partial charge is 0.242 e. The summed E-state index contributed by atoms with van der Waals surface area (Å²) in [7, 11) is -0.557. The number of carbonyl (C=O) groups excluding carboxylic acids is 1.